The van der Waals surface area contributed by atoms with E-state index in [9.17, 15) is 9.59 Å². The summed E-state index contributed by atoms with van der Waals surface area (Å²) in [6, 6.07) is 4.13. The smallest absolute Gasteiger partial charge is 0.335 e. The maximum atomic E-state index is 10.6. The van der Waals surface area contributed by atoms with Crippen molar-refractivity contribution in [2.24, 2.45) is 0 Å². The van der Waals surface area contributed by atoms with Crippen LogP contribution in [0.15, 0.2) is 18.2 Å². The van der Waals surface area contributed by atoms with Crippen LogP contribution in [0.5, 0.6) is 0 Å². The van der Waals surface area contributed by atoms with E-state index in [0.717, 1.165) is 0 Å². The number of anilines is 1. The van der Waals surface area contributed by atoms with Crippen molar-refractivity contribution in [3.63, 3.8) is 0 Å². The van der Waals surface area contributed by atoms with Crippen molar-refractivity contribution in [3.05, 3.63) is 27.3 Å². The number of aromatic carboxylic acids is 1. The zero-order valence-corrected chi connectivity index (χ0v) is 9.00. The van der Waals surface area contributed by atoms with Gasteiger partial charge in [-0.05, 0) is 40.8 Å². The lowest BCUT2D eigenvalue weighted by molar-refractivity contribution is -0.111. The molecule has 0 saturated carbocycles. The van der Waals surface area contributed by atoms with Gasteiger partial charge >= 0.3 is 5.97 Å². The molecular weight excluding hydrogens is 301 g/mol. The lowest BCUT2D eigenvalue weighted by atomic mass is 10.2. The molecule has 1 amide bonds. The molecule has 0 saturated heterocycles. The number of hydroxylamine groups is 1. The van der Waals surface area contributed by atoms with E-state index < -0.39 is 5.97 Å². The number of benzene rings is 1. The molecule has 6 heteroatoms. The average Bonchev–Trinajstić information content (AvgIpc) is 2.15. The summed E-state index contributed by atoms with van der Waals surface area (Å²) < 4.78 is 0.624. The second kappa shape index (κ2) is 4.38. The number of nitrogens with zero attached hydrogens (tertiary/aromatic N) is 1. The number of carbonyl (C=O) groups is 2. The van der Waals surface area contributed by atoms with E-state index in [2.05, 4.69) is 0 Å². The van der Waals surface area contributed by atoms with Gasteiger partial charge in [0, 0.05) is 3.57 Å². The van der Waals surface area contributed by atoms with Crippen molar-refractivity contribution in [1.82, 2.24) is 0 Å². The number of rotatable bonds is 3. The van der Waals surface area contributed by atoms with E-state index >= 15 is 0 Å². The highest BCUT2D eigenvalue weighted by Crippen LogP contribution is 2.18. The predicted molar refractivity (Wildman–Crippen MR) is 56.4 cm³/mol. The van der Waals surface area contributed by atoms with E-state index in [1.807, 2.05) is 22.6 Å². The van der Waals surface area contributed by atoms with Gasteiger partial charge in [0.15, 0.2) is 0 Å². The summed E-state index contributed by atoms with van der Waals surface area (Å²) in [6.45, 7) is 0. The Labute approximate surface area is 93.0 Å². The van der Waals surface area contributed by atoms with E-state index in [0.29, 0.717) is 8.63 Å². The highest BCUT2D eigenvalue weighted by Gasteiger charge is 2.09. The number of amides is 1. The van der Waals surface area contributed by atoms with Crippen LogP contribution in [0.3, 0.4) is 0 Å². The third-order valence-corrected chi connectivity index (χ3v) is 2.12. The number of carboxylic acids is 1. The van der Waals surface area contributed by atoms with Crippen LogP contribution < -0.4 is 5.06 Å². The maximum absolute atomic E-state index is 10.6. The Balaban J connectivity index is 3.19. The van der Waals surface area contributed by atoms with Crippen LogP contribution in [0.2, 0.25) is 0 Å². The lowest BCUT2D eigenvalue weighted by Crippen LogP contribution is -2.15. The topological polar surface area (TPSA) is 77.8 Å². The summed E-state index contributed by atoms with van der Waals surface area (Å²) in [7, 11) is 0. The monoisotopic (exact) mass is 307 g/mol. The fourth-order valence-corrected chi connectivity index (χ4v) is 1.55. The van der Waals surface area contributed by atoms with E-state index in [-0.39, 0.29) is 17.7 Å². The molecule has 0 radical (unpaired) electrons. The van der Waals surface area contributed by atoms with Crippen LogP contribution >= 0.6 is 22.6 Å². The van der Waals surface area contributed by atoms with Crippen molar-refractivity contribution < 1.29 is 19.9 Å². The van der Waals surface area contributed by atoms with Gasteiger partial charge in [0.25, 0.3) is 0 Å². The summed E-state index contributed by atoms with van der Waals surface area (Å²) in [6.07, 6.45) is 0.192. The molecule has 5 nitrogen and oxygen atoms in total. The molecule has 0 heterocycles. The van der Waals surface area contributed by atoms with Crippen LogP contribution in [0.1, 0.15) is 10.4 Å². The van der Waals surface area contributed by atoms with Crippen molar-refractivity contribution in [2.45, 2.75) is 0 Å². The largest absolute Gasteiger partial charge is 0.478 e. The molecule has 0 unspecified atom stereocenters. The number of hydrogen-bond acceptors (Lipinski definition) is 3. The summed E-state index contributed by atoms with van der Waals surface area (Å²) in [5, 5.41) is 18.1. The third kappa shape index (κ3) is 2.42. The first kappa shape index (κ1) is 10.9. The van der Waals surface area contributed by atoms with Gasteiger partial charge in [-0.15, -0.1) is 0 Å². The van der Waals surface area contributed by atoms with Crippen LogP contribution in [0.25, 0.3) is 0 Å². The normalized spacial score (nSPS) is 9.57. The van der Waals surface area contributed by atoms with Crippen LogP contribution in [0, 0.1) is 3.57 Å². The molecule has 0 aliphatic carbocycles. The molecule has 74 valence electrons. The van der Waals surface area contributed by atoms with Gasteiger partial charge in [-0.3, -0.25) is 10.0 Å². The molecule has 0 atom stereocenters. The first-order valence-electron chi connectivity index (χ1n) is 3.52. The number of carbonyl (C=O) groups excluding carboxylic acids is 1. The molecule has 1 aromatic carbocycles. The fourth-order valence-electron chi connectivity index (χ4n) is 0.891. The molecule has 0 aromatic heterocycles. The quantitative estimate of drug-likeness (QED) is 0.382. The zero-order chi connectivity index (χ0) is 10.7. The zero-order valence-electron chi connectivity index (χ0n) is 6.85. The summed E-state index contributed by atoms with van der Waals surface area (Å²) in [4.78, 5) is 20.8. The maximum Gasteiger partial charge on any atom is 0.335 e. The fraction of sp³-hybridized carbons (Fsp3) is 0. The minimum atomic E-state index is -1.11. The summed E-state index contributed by atoms with van der Waals surface area (Å²) in [5.41, 5.74) is 0.150. The minimum Gasteiger partial charge on any atom is -0.478 e. The van der Waals surface area contributed by atoms with Crippen LogP contribution in [-0.4, -0.2) is 22.7 Å². The molecule has 0 spiro atoms. The molecular formula is C8H6INO4. The predicted octanol–water partition coefficient (Wildman–Crippen LogP) is 1.34. The Morgan fingerprint density at radius 3 is 2.57 bits per heavy atom. The first-order chi connectivity index (χ1) is 6.54. The van der Waals surface area contributed by atoms with E-state index in [4.69, 9.17) is 10.3 Å². The molecule has 1 aromatic rings. The number of carboxylic acid groups (broad SMARTS) is 1. The highest BCUT2D eigenvalue weighted by atomic mass is 127. The molecule has 2 N–H and O–H groups in total. The van der Waals surface area contributed by atoms with Gasteiger partial charge in [0.05, 0.1) is 11.3 Å². The Kier molecular flexibility index (Phi) is 3.42. The SMILES string of the molecule is O=CN(O)c1cc(I)cc(C(=O)O)c1. The molecule has 1 rings (SSSR count). The Bertz CT molecular complexity index is 380. The standard InChI is InChI=1S/C8H6INO4/c9-6-1-5(8(12)13)2-7(3-6)10(14)4-11/h1-4,14H,(H,12,13). The van der Waals surface area contributed by atoms with Crippen molar-refractivity contribution in [2.75, 3.05) is 5.06 Å². The Morgan fingerprint density at radius 2 is 2.07 bits per heavy atom. The second-order valence-corrected chi connectivity index (χ2v) is 3.70. The average molecular weight is 307 g/mol. The van der Waals surface area contributed by atoms with E-state index in [1.165, 1.54) is 18.2 Å². The van der Waals surface area contributed by atoms with E-state index in [1.54, 1.807) is 0 Å². The number of hydrogen-bond donors (Lipinski definition) is 2. The molecule has 0 aliphatic heterocycles. The Morgan fingerprint density at radius 1 is 1.43 bits per heavy atom. The lowest BCUT2D eigenvalue weighted by Gasteiger charge is -2.09. The molecule has 0 bridgehead atoms. The third-order valence-electron chi connectivity index (χ3n) is 1.49. The van der Waals surface area contributed by atoms with Crippen molar-refractivity contribution in [3.8, 4) is 0 Å². The number of halogens is 1. The van der Waals surface area contributed by atoms with Gasteiger partial charge in [0.1, 0.15) is 0 Å². The van der Waals surface area contributed by atoms with Gasteiger partial charge in [-0.25, -0.2) is 4.79 Å². The second-order valence-electron chi connectivity index (χ2n) is 2.45. The summed E-state index contributed by atoms with van der Waals surface area (Å²) in [5.74, 6) is -1.11. The summed E-state index contributed by atoms with van der Waals surface area (Å²) >= 11 is 1.90. The van der Waals surface area contributed by atoms with Gasteiger partial charge in [-0.2, -0.15) is 5.06 Å². The Hall–Kier alpha value is -1.15. The van der Waals surface area contributed by atoms with Crippen LogP contribution in [0.4, 0.5) is 5.69 Å². The van der Waals surface area contributed by atoms with Gasteiger partial charge in [-0.1, -0.05) is 0 Å². The minimum absolute atomic E-state index is 0.0211. The van der Waals surface area contributed by atoms with Crippen molar-refractivity contribution >= 4 is 40.7 Å². The van der Waals surface area contributed by atoms with Crippen molar-refractivity contribution in [1.29, 1.82) is 0 Å². The first-order valence-corrected chi connectivity index (χ1v) is 4.60. The molecule has 0 aliphatic rings. The van der Waals surface area contributed by atoms with Gasteiger partial charge in [0.2, 0.25) is 6.41 Å². The molecule has 14 heavy (non-hydrogen) atoms. The van der Waals surface area contributed by atoms with Gasteiger partial charge < -0.3 is 5.11 Å². The molecule has 0 fully saturated rings. The van der Waals surface area contributed by atoms with Crippen LogP contribution in [-0.2, 0) is 4.79 Å². The highest BCUT2D eigenvalue weighted by molar-refractivity contribution is 14.1.